The third-order valence-corrected chi connectivity index (χ3v) is 4.24. The van der Waals surface area contributed by atoms with Gasteiger partial charge < -0.3 is 10.1 Å². The fourth-order valence-corrected chi connectivity index (χ4v) is 2.99. The predicted molar refractivity (Wildman–Crippen MR) is 100 cm³/mol. The summed E-state index contributed by atoms with van der Waals surface area (Å²) in [5.41, 5.74) is 1.50. The van der Waals surface area contributed by atoms with Crippen molar-refractivity contribution >= 4 is 40.1 Å². The molecule has 1 aliphatic rings. The maximum atomic E-state index is 12.5. The molecule has 0 saturated carbocycles. The molecule has 1 amide bonds. The molecule has 0 spiro atoms. The first-order valence-corrected chi connectivity index (χ1v) is 8.51. The van der Waals surface area contributed by atoms with Gasteiger partial charge in [0.15, 0.2) is 5.11 Å². The number of benzene rings is 2. The summed E-state index contributed by atoms with van der Waals surface area (Å²) in [5, 5.41) is 5.81. The van der Waals surface area contributed by atoms with Crippen molar-refractivity contribution in [2.75, 3.05) is 19.8 Å². The number of fused-ring (bicyclic) bond motifs is 1. The van der Waals surface area contributed by atoms with Crippen LogP contribution in [0, 0.1) is 0 Å². The highest BCUT2D eigenvalue weighted by atomic mass is 32.1. The molecule has 1 aliphatic heterocycles. The van der Waals surface area contributed by atoms with E-state index in [4.69, 9.17) is 17.0 Å². The quantitative estimate of drug-likeness (QED) is 0.498. The average molecular weight is 340 g/mol. The Labute approximate surface area is 147 Å². The summed E-state index contributed by atoms with van der Waals surface area (Å²) < 4.78 is 5.31. The van der Waals surface area contributed by atoms with Crippen molar-refractivity contribution in [2.45, 2.75) is 13.3 Å². The van der Waals surface area contributed by atoms with Crippen LogP contribution in [0.15, 0.2) is 48.2 Å². The maximum Gasteiger partial charge on any atom is 0.276 e. The van der Waals surface area contributed by atoms with Crippen molar-refractivity contribution in [2.24, 2.45) is 0 Å². The summed E-state index contributed by atoms with van der Waals surface area (Å²) >= 11 is 5.28. The van der Waals surface area contributed by atoms with Crippen LogP contribution in [0.25, 0.3) is 16.8 Å². The molecule has 0 aliphatic carbocycles. The van der Waals surface area contributed by atoms with E-state index in [2.05, 4.69) is 29.6 Å². The summed E-state index contributed by atoms with van der Waals surface area (Å²) in [7, 11) is 0. The minimum atomic E-state index is -0.0790. The number of nitrogens with one attached hydrogen (secondary N) is 1. The minimum Gasteiger partial charge on any atom is -0.382 e. The van der Waals surface area contributed by atoms with Gasteiger partial charge >= 0.3 is 0 Å². The van der Waals surface area contributed by atoms with Gasteiger partial charge in [-0.25, -0.2) is 0 Å². The number of nitrogens with zero attached hydrogens (tertiary/aromatic N) is 1. The summed E-state index contributed by atoms with van der Waals surface area (Å²) in [6, 6.07) is 14.3. The monoisotopic (exact) mass is 340 g/mol. The van der Waals surface area contributed by atoms with Crippen molar-refractivity contribution in [1.29, 1.82) is 0 Å². The molecule has 1 fully saturated rings. The molecule has 4 nitrogen and oxygen atoms in total. The van der Waals surface area contributed by atoms with Crippen molar-refractivity contribution in [1.82, 2.24) is 10.2 Å². The molecule has 5 heteroatoms. The van der Waals surface area contributed by atoms with Gasteiger partial charge in [0.2, 0.25) is 0 Å². The second kappa shape index (κ2) is 7.55. The second-order valence-electron chi connectivity index (χ2n) is 5.60. The topological polar surface area (TPSA) is 41.6 Å². The summed E-state index contributed by atoms with van der Waals surface area (Å²) in [6.07, 6.45) is 2.62. The van der Waals surface area contributed by atoms with E-state index in [1.54, 1.807) is 4.90 Å². The summed E-state index contributed by atoms with van der Waals surface area (Å²) in [6.45, 7) is 3.84. The van der Waals surface area contributed by atoms with E-state index in [1.807, 2.05) is 31.2 Å². The molecule has 1 heterocycles. The van der Waals surface area contributed by atoms with Crippen molar-refractivity contribution in [3.8, 4) is 0 Å². The molecule has 0 aromatic heterocycles. The predicted octanol–water partition coefficient (Wildman–Crippen LogP) is 3.32. The largest absolute Gasteiger partial charge is 0.382 e. The van der Waals surface area contributed by atoms with Gasteiger partial charge in [-0.3, -0.25) is 9.69 Å². The maximum absolute atomic E-state index is 12.5. The smallest absolute Gasteiger partial charge is 0.276 e. The highest BCUT2D eigenvalue weighted by Crippen LogP contribution is 2.19. The lowest BCUT2D eigenvalue weighted by Crippen LogP contribution is -2.32. The van der Waals surface area contributed by atoms with Crippen LogP contribution in [0.3, 0.4) is 0 Å². The fourth-order valence-electron chi connectivity index (χ4n) is 2.71. The summed E-state index contributed by atoms with van der Waals surface area (Å²) in [4.78, 5) is 14.1. The molecular formula is C19H20N2O2S. The zero-order chi connectivity index (χ0) is 16.9. The van der Waals surface area contributed by atoms with Crippen molar-refractivity contribution in [3.63, 3.8) is 0 Å². The molecule has 3 rings (SSSR count). The Kier molecular flexibility index (Phi) is 5.23. The number of thiocarbonyl (C=S) groups is 1. The second-order valence-corrected chi connectivity index (χ2v) is 5.99. The Hall–Kier alpha value is -2.24. The van der Waals surface area contributed by atoms with Crippen LogP contribution in [0.5, 0.6) is 0 Å². The van der Waals surface area contributed by atoms with Crippen LogP contribution in [-0.2, 0) is 9.53 Å². The Bertz CT molecular complexity index is 801. The number of rotatable bonds is 6. The molecule has 0 atom stereocenters. The third-order valence-electron chi connectivity index (χ3n) is 3.92. The van der Waals surface area contributed by atoms with Crippen LogP contribution in [0.1, 0.15) is 18.9 Å². The number of hydrogen-bond acceptors (Lipinski definition) is 3. The van der Waals surface area contributed by atoms with Gasteiger partial charge in [0.05, 0.1) is 0 Å². The lowest BCUT2D eigenvalue weighted by Gasteiger charge is -2.13. The van der Waals surface area contributed by atoms with E-state index in [-0.39, 0.29) is 5.91 Å². The summed E-state index contributed by atoms with van der Waals surface area (Å²) in [5.74, 6) is -0.0790. The first-order chi connectivity index (χ1) is 11.7. The molecule has 24 heavy (non-hydrogen) atoms. The molecule has 0 unspecified atom stereocenters. The molecule has 2 aromatic rings. The molecule has 0 bridgehead atoms. The molecule has 2 aromatic carbocycles. The molecule has 0 radical (unpaired) electrons. The SMILES string of the molecule is CCOCCCN1C(=O)/C(=C\c2ccc3ccccc3c2)NC1=S. The number of ether oxygens (including phenoxy) is 1. The number of carbonyl (C=O) groups is 1. The van der Waals surface area contributed by atoms with Gasteiger partial charge in [0.25, 0.3) is 5.91 Å². The van der Waals surface area contributed by atoms with E-state index in [0.717, 1.165) is 17.4 Å². The zero-order valence-electron chi connectivity index (χ0n) is 13.6. The van der Waals surface area contributed by atoms with Crippen LogP contribution in [0.2, 0.25) is 0 Å². The van der Waals surface area contributed by atoms with Gasteiger partial charge in [-0.2, -0.15) is 0 Å². The third kappa shape index (κ3) is 3.63. The Balaban J connectivity index is 1.74. The van der Waals surface area contributed by atoms with Crippen LogP contribution < -0.4 is 5.32 Å². The Morgan fingerprint density at radius 3 is 2.79 bits per heavy atom. The van der Waals surface area contributed by atoms with Gasteiger partial charge in [-0.1, -0.05) is 36.4 Å². The highest BCUT2D eigenvalue weighted by molar-refractivity contribution is 7.80. The van der Waals surface area contributed by atoms with Gasteiger partial charge in [-0.15, -0.1) is 0 Å². The van der Waals surface area contributed by atoms with E-state index < -0.39 is 0 Å². The van der Waals surface area contributed by atoms with Crippen molar-refractivity contribution in [3.05, 3.63) is 53.7 Å². The van der Waals surface area contributed by atoms with E-state index in [0.29, 0.717) is 30.6 Å². The average Bonchev–Trinajstić information content (AvgIpc) is 2.85. The van der Waals surface area contributed by atoms with Crippen LogP contribution >= 0.6 is 12.2 Å². The number of amides is 1. The molecule has 1 N–H and O–H groups in total. The Morgan fingerprint density at radius 1 is 1.21 bits per heavy atom. The molecular weight excluding hydrogens is 320 g/mol. The standard InChI is InChI=1S/C19H20N2O2S/c1-2-23-11-5-10-21-18(22)17(20-19(21)24)13-14-8-9-15-6-3-4-7-16(15)12-14/h3-4,6-9,12-13H,2,5,10-11H2,1H3,(H,20,24)/b17-13+. The van der Waals surface area contributed by atoms with Gasteiger partial charge in [0, 0.05) is 19.8 Å². The van der Waals surface area contributed by atoms with Crippen LogP contribution in [0.4, 0.5) is 0 Å². The first-order valence-electron chi connectivity index (χ1n) is 8.10. The molecule has 1 saturated heterocycles. The van der Waals surface area contributed by atoms with Gasteiger partial charge in [-0.05, 0) is 54.0 Å². The minimum absolute atomic E-state index is 0.0790. The molecule has 124 valence electrons. The highest BCUT2D eigenvalue weighted by Gasteiger charge is 2.29. The lowest BCUT2D eigenvalue weighted by atomic mass is 10.1. The van der Waals surface area contributed by atoms with Crippen molar-refractivity contribution < 1.29 is 9.53 Å². The van der Waals surface area contributed by atoms with E-state index >= 15 is 0 Å². The first kappa shape index (κ1) is 16.6. The Morgan fingerprint density at radius 2 is 2.00 bits per heavy atom. The fraction of sp³-hybridized carbons (Fsp3) is 0.263. The lowest BCUT2D eigenvalue weighted by molar-refractivity contribution is -0.122. The van der Waals surface area contributed by atoms with Gasteiger partial charge in [0.1, 0.15) is 5.70 Å². The zero-order valence-corrected chi connectivity index (χ0v) is 14.4. The number of hydrogen-bond donors (Lipinski definition) is 1. The van der Waals surface area contributed by atoms with E-state index in [9.17, 15) is 4.79 Å². The van der Waals surface area contributed by atoms with E-state index in [1.165, 1.54) is 5.39 Å². The van der Waals surface area contributed by atoms with Crippen LogP contribution in [-0.4, -0.2) is 35.7 Å². The normalized spacial score (nSPS) is 16.2. The number of carbonyl (C=O) groups excluding carboxylic acids is 1.